The predicted octanol–water partition coefficient (Wildman–Crippen LogP) is 7.05. The summed E-state index contributed by atoms with van der Waals surface area (Å²) in [5.74, 6) is 1.13. The lowest BCUT2D eigenvalue weighted by Crippen LogP contribution is -2.12. The second-order valence-corrected chi connectivity index (χ2v) is 7.60. The molecule has 0 unspecified atom stereocenters. The maximum Gasteiger partial charge on any atom is 0.361 e. The molecule has 0 aliphatic heterocycles. The van der Waals surface area contributed by atoms with Crippen LogP contribution in [-0.4, -0.2) is 19.2 Å². The van der Waals surface area contributed by atoms with E-state index in [4.69, 9.17) is 13.9 Å². The highest BCUT2D eigenvalue weighted by Gasteiger charge is 2.17. The molecule has 0 aliphatic rings. The van der Waals surface area contributed by atoms with Crippen LogP contribution in [0.4, 0.5) is 0 Å². The third-order valence-corrected chi connectivity index (χ3v) is 5.03. The first-order chi connectivity index (χ1) is 16.1. The largest absolute Gasteiger partial charge is 0.490 e. The summed E-state index contributed by atoms with van der Waals surface area (Å²) in [6.45, 7) is 5.64. The van der Waals surface area contributed by atoms with Crippen LogP contribution in [0.3, 0.4) is 0 Å². The fourth-order valence-electron chi connectivity index (χ4n) is 3.32. The third-order valence-electron chi connectivity index (χ3n) is 5.03. The Hall–Kier alpha value is -4.18. The molecule has 0 radical (unpaired) electrons. The molecule has 0 fully saturated rings. The number of hydrogen-bond donors (Lipinski definition) is 0. The number of carbonyl (C=O) groups is 1. The first-order valence-corrected chi connectivity index (χ1v) is 10.7. The third kappa shape index (κ3) is 5.74. The summed E-state index contributed by atoms with van der Waals surface area (Å²) in [6, 6.07) is 27.9. The Morgan fingerprint density at radius 2 is 1.64 bits per heavy atom. The summed E-state index contributed by atoms with van der Waals surface area (Å²) in [6.07, 6.45) is 4.16. The molecule has 164 valence electrons. The molecule has 0 saturated heterocycles. The van der Waals surface area contributed by atoms with Gasteiger partial charge in [-0.2, -0.15) is 0 Å². The van der Waals surface area contributed by atoms with Gasteiger partial charge in [0.1, 0.15) is 19.0 Å². The van der Waals surface area contributed by atoms with Crippen molar-refractivity contribution >= 4 is 29.1 Å². The average Bonchev–Trinajstić information content (AvgIpc) is 2.86. The van der Waals surface area contributed by atoms with Gasteiger partial charge in [-0.15, -0.1) is 0 Å². The van der Waals surface area contributed by atoms with Crippen LogP contribution in [0.5, 0.6) is 5.75 Å². The van der Waals surface area contributed by atoms with E-state index >= 15 is 0 Å². The van der Waals surface area contributed by atoms with Crippen molar-refractivity contribution < 1.29 is 18.7 Å². The molecule has 0 saturated carbocycles. The van der Waals surface area contributed by atoms with E-state index in [0.29, 0.717) is 11.3 Å². The molecule has 1 aromatic heterocycles. The van der Waals surface area contributed by atoms with Crippen LogP contribution in [0.1, 0.15) is 18.1 Å². The molecule has 3 aromatic carbocycles. The average molecular weight is 438 g/mol. The summed E-state index contributed by atoms with van der Waals surface area (Å²) < 4.78 is 16.8. The van der Waals surface area contributed by atoms with Crippen molar-refractivity contribution in [2.24, 2.45) is 0 Å². The van der Waals surface area contributed by atoms with Gasteiger partial charge >= 0.3 is 17.3 Å². The van der Waals surface area contributed by atoms with Gasteiger partial charge in [0.25, 0.3) is 0 Å². The van der Waals surface area contributed by atoms with Gasteiger partial charge in [-0.3, -0.25) is 0 Å². The Balaban J connectivity index is 1.48. The SMILES string of the molecule is C=C(C)C(=O)OCCOc1ccc(C=Cc2cc(-c3ccccc3)[o+]c3ccccc23)cc1. The molecule has 4 aromatic rings. The molecule has 33 heavy (non-hydrogen) atoms. The van der Waals surface area contributed by atoms with Gasteiger partial charge in [-0.1, -0.05) is 61.2 Å². The molecule has 0 bridgehead atoms. The van der Waals surface area contributed by atoms with Crippen LogP contribution in [0, 0.1) is 0 Å². The predicted molar refractivity (Wildman–Crippen MR) is 133 cm³/mol. The zero-order valence-corrected chi connectivity index (χ0v) is 18.5. The zero-order chi connectivity index (χ0) is 23.0. The lowest BCUT2D eigenvalue weighted by atomic mass is 10.0. The number of para-hydroxylation sites is 1. The summed E-state index contributed by atoms with van der Waals surface area (Å²) in [4.78, 5) is 11.4. The quantitative estimate of drug-likeness (QED) is 0.128. The normalized spacial score (nSPS) is 10.9. The van der Waals surface area contributed by atoms with E-state index < -0.39 is 5.97 Å². The molecule has 0 spiro atoms. The van der Waals surface area contributed by atoms with Crippen molar-refractivity contribution in [2.75, 3.05) is 13.2 Å². The number of rotatable bonds is 8. The maximum absolute atomic E-state index is 11.4. The van der Waals surface area contributed by atoms with Gasteiger partial charge in [0.2, 0.25) is 0 Å². The first kappa shape index (κ1) is 22.0. The van der Waals surface area contributed by atoms with E-state index in [2.05, 4.69) is 30.9 Å². The minimum Gasteiger partial charge on any atom is -0.490 e. The van der Waals surface area contributed by atoms with E-state index in [-0.39, 0.29) is 13.2 Å². The Bertz CT molecular complexity index is 1290. The molecule has 1 heterocycles. The Kier molecular flexibility index (Phi) is 6.96. The summed E-state index contributed by atoms with van der Waals surface area (Å²) in [5, 5.41) is 1.05. The highest BCUT2D eigenvalue weighted by atomic mass is 16.6. The monoisotopic (exact) mass is 437 g/mol. The Labute approximate surface area is 193 Å². The van der Waals surface area contributed by atoms with Crippen molar-refractivity contribution in [3.05, 3.63) is 108 Å². The van der Waals surface area contributed by atoms with Gasteiger partial charge in [0, 0.05) is 17.2 Å². The molecule has 0 N–H and O–H groups in total. The van der Waals surface area contributed by atoms with E-state index in [1.54, 1.807) is 6.92 Å². The summed E-state index contributed by atoms with van der Waals surface area (Å²) in [5.41, 5.74) is 4.38. The van der Waals surface area contributed by atoms with Crippen molar-refractivity contribution in [3.63, 3.8) is 0 Å². The number of benzene rings is 3. The van der Waals surface area contributed by atoms with E-state index in [1.165, 1.54) is 0 Å². The van der Waals surface area contributed by atoms with Crippen LogP contribution >= 0.6 is 0 Å². The van der Waals surface area contributed by atoms with E-state index in [1.807, 2.05) is 72.8 Å². The summed E-state index contributed by atoms with van der Waals surface area (Å²) >= 11 is 0. The van der Waals surface area contributed by atoms with Gasteiger partial charge in [-0.25, -0.2) is 9.21 Å². The second kappa shape index (κ2) is 10.4. The Morgan fingerprint density at radius 1 is 0.909 bits per heavy atom. The van der Waals surface area contributed by atoms with Crippen molar-refractivity contribution in [3.8, 4) is 17.1 Å². The number of carbonyl (C=O) groups excluding carboxylic acids is 1. The molecule has 0 atom stereocenters. The van der Waals surface area contributed by atoms with Crippen LogP contribution in [0.15, 0.2) is 101 Å². The van der Waals surface area contributed by atoms with Gasteiger partial charge in [0.15, 0.2) is 0 Å². The van der Waals surface area contributed by atoms with Crippen molar-refractivity contribution in [1.82, 2.24) is 0 Å². The van der Waals surface area contributed by atoms with Gasteiger partial charge < -0.3 is 9.47 Å². The lowest BCUT2D eigenvalue weighted by Gasteiger charge is -2.07. The minimum atomic E-state index is -0.407. The standard InChI is InChI=1S/C29H25O4/c1-21(2)29(30)32-19-18-31-25-16-13-22(14-17-25)12-15-24-20-28(23-8-4-3-5-9-23)33-27-11-7-6-10-26(24)27/h3-17,20H,1,18-19H2,2H3/q+1. The van der Waals surface area contributed by atoms with Crippen molar-refractivity contribution in [2.45, 2.75) is 6.92 Å². The van der Waals surface area contributed by atoms with E-state index in [0.717, 1.165) is 33.4 Å². The molecule has 0 aliphatic carbocycles. The molecule has 4 heteroatoms. The number of ether oxygens (including phenoxy) is 2. The topological polar surface area (TPSA) is 46.8 Å². The van der Waals surface area contributed by atoms with E-state index in [9.17, 15) is 4.79 Å². The number of fused-ring (bicyclic) bond motifs is 1. The van der Waals surface area contributed by atoms with Gasteiger partial charge in [0.05, 0.1) is 17.0 Å². The fraction of sp³-hybridized carbons (Fsp3) is 0.103. The smallest absolute Gasteiger partial charge is 0.361 e. The number of esters is 1. The van der Waals surface area contributed by atoms with Crippen LogP contribution in [0.2, 0.25) is 0 Å². The highest BCUT2D eigenvalue weighted by molar-refractivity contribution is 5.91. The van der Waals surface area contributed by atoms with Gasteiger partial charge in [-0.05, 0) is 42.8 Å². The highest BCUT2D eigenvalue weighted by Crippen LogP contribution is 2.29. The molecule has 0 amide bonds. The molecule has 4 rings (SSSR count). The zero-order valence-electron chi connectivity index (χ0n) is 18.5. The number of hydrogen-bond acceptors (Lipinski definition) is 3. The lowest BCUT2D eigenvalue weighted by molar-refractivity contribution is -0.139. The van der Waals surface area contributed by atoms with Crippen LogP contribution < -0.4 is 4.74 Å². The molecular weight excluding hydrogens is 412 g/mol. The minimum absolute atomic E-state index is 0.184. The first-order valence-electron chi connectivity index (χ1n) is 10.7. The second-order valence-electron chi connectivity index (χ2n) is 7.60. The maximum atomic E-state index is 11.4. The molecular formula is C29H25O4+. The fourth-order valence-corrected chi connectivity index (χ4v) is 3.32. The van der Waals surface area contributed by atoms with Crippen molar-refractivity contribution in [1.29, 1.82) is 0 Å². The summed E-state index contributed by atoms with van der Waals surface area (Å²) in [7, 11) is 0. The Morgan fingerprint density at radius 3 is 2.39 bits per heavy atom. The van der Waals surface area contributed by atoms with Crippen LogP contribution in [0.25, 0.3) is 34.4 Å². The molecule has 4 nitrogen and oxygen atoms in total. The van der Waals surface area contributed by atoms with Crippen LogP contribution in [-0.2, 0) is 9.53 Å².